The van der Waals surface area contributed by atoms with Gasteiger partial charge in [-0.3, -0.25) is 4.79 Å². The SMILES string of the molecule is COc1cc(C)c(-c2ncn(C)c2C=O)cc1Cl. The molecule has 0 aliphatic rings. The fraction of sp³-hybridized carbons (Fsp3) is 0.231. The van der Waals surface area contributed by atoms with Crippen molar-refractivity contribution in [2.75, 3.05) is 7.11 Å². The first kappa shape index (κ1) is 12.6. The van der Waals surface area contributed by atoms with Crippen LogP contribution in [0.3, 0.4) is 0 Å². The number of carbonyl (C=O) groups is 1. The third kappa shape index (κ3) is 1.99. The Balaban J connectivity index is 2.64. The molecule has 94 valence electrons. The number of carbonyl (C=O) groups excluding carboxylic acids is 1. The van der Waals surface area contributed by atoms with Crippen LogP contribution in [-0.4, -0.2) is 22.9 Å². The van der Waals surface area contributed by atoms with E-state index in [1.165, 1.54) is 0 Å². The number of hydrogen-bond donors (Lipinski definition) is 0. The first-order valence-corrected chi connectivity index (χ1v) is 5.77. The number of aromatic nitrogens is 2. The van der Waals surface area contributed by atoms with Crippen molar-refractivity contribution < 1.29 is 9.53 Å². The van der Waals surface area contributed by atoms with Crippen molar-refractivity contribution in [3.05, 3.63) is 34.7 Å². The minimum atomic E-state index is 0.501. The Bertz CT molecular complexity index is 605. The maximum atomic E-state index is 11.1. The zero-order chi connectivity index (χ0) is 13.3. The number of rotatable bonds is 3. The quantitative estimate of drug-likeness (QED) is 0.801. The standard InChI is InChI=1S/C13H13ClN2O2/c1-8-4-12(18-3)10(14)5-9(8)13-11(6-17)16(2)7-15-13/h4-7H,1-3H3. The van der Waals surface area contributed by atoms with E-state index < -0.39 is 0 Å². The maximum absolute atomic E-state index is 11.1. The van der Waals surface area contributed by atoms with Gasteiger partial charge in [-0.1, -0.05) is 11.6 Å². The second-order valence-corrected chi connectivity index (χ2v) is 4.42. The van der Waals surface area contributed by atoms with Gasteiger partial charge in [-0.25, -0.2) is 4.98 Å². The van der Waals surface area contributed by atoms with E-state index in [1.807, 2.05) is 13.0 Å². The van der Waals surface area contributed by atoms with Crippen molar-refractivity contribution in [3.8, 4) is 17.0 Å². The lowest BCUT2D eigenvalue weighted by Gasteiger charge is -2.09. The predicted octanol–water partition coefficient (Wildman–Crippen LogP) is 2.87. The molecule has 1 heterocycles. The zero-order valence-corrected chi connectivity index (χ0v) is 11.2. The minimum absolute atomic E-state index is 0.501. The summed E-state index contributed by atoms with van der Waals surface area (Å²) in [4.78, 5) is 15.3. The molecule has 18 heavy (non-hydrogen) atoms. The van der Waals surface area contributed by atoms with Crippen molar-refractivity contribution in [2.24, 2.45) is 7.05 Å². The lowest BCUT2D eigenvalue weighted by molar-refractivity contribution is 0.111. The number of aldehydes is 1. The summed E-state index contributed by atoms with van der Waals surface area (Å²) < 4.78 is 6.83. The predicted molar refractivity (Wildman–Crippen MR) is 70.3 cm³/mol. The van der Waals surface area contributed by atoms with Crippen LogP contribution in [0.15, 0.2) is 18.5 Å². The Morgan fingerprint density at radius 1 is 1.44 bits per heavy atom. The van der Waals surface area contributed by atoms with Crippen molar-refractivity contribution >= 4 is 17.9 Å². The molecule has 0 spiro atoms. The number of ether oxygens (including phenoxy) is 1. The molecule has 1 aromatic carbocycles. The zero-order valence-electron chi connectivity index (χ0n) is 10.4. The summed E-state index contributed by atoms with van der Waals surface area (Å²) in [5.74, 6) is 0.613. The molecule has 1 aromatic heterocycles. The average molecular weight is 265 g/mol. The van der Waals surface area contributed by atoms with Crippen LogP contribution in [0.2, 0.25) is 5.02 Å². The van der Waals surface area contributed by atoms with E-state index >= 15 is 0 Å². The van der Waals surface area contributed by atoms with Gasteiger partial charge in [-0.15, -0.1) is 0 Å². The highest BCUT2D eigenvalue weighted by Crippen LogP contribution is 2.33. The molecule has 0 N–H and O–H groups in total. The van der Waals surface area contributed by atoms with Gasteiger partial charge in [0.05, 0.1) is 24.2 Å². The molecular formula is C13H13ClN2O2. The molecule has 0 radical (unpaired) electrons. The number of aryl methyl sites for hydroxylation is 2. The van der Waals surface area contributed by atoms with E-state index in [9.17, 15) is 4.79 Å². The maximum Gasteiger partial charge on any atom is 0.168 e. The minimum Gasteiger partial charge on any atom is -0.495 e. The fourth-order valence-corrected chi connectivity index (χ4v) is 2.09. The Morgan fingerprint density at radius 3 is 2.78 bits per heavy atom. The van der Waals surface area contributed by atoms with Crippen LogP contribution in [0.5, 0.6) is 5.75 Å². The van der Waals surface area contributed by atoms with Crippen molar-refractivity contribution in [3.63, 3.8) is 0 Å². The van der Waals surface area contributed by atoms with E-state index in [1.54, 1.807) is 31.1 Å². The first-order chi connectivity index (χ1) is 8.58. The van der Waals surface area contributed by atoms with Crippen LogP contribution in [0.4, 0.5) is 0 Å². The van der Waals surface area contributed by atoms with Gasteiger partial charge in [0, 0.05) is 12.6 Å². The summed E-state index contributed by atoms with van der Waals surface area (Å²) in [7, 11) is 3.35. The van der Waals surface area contributed by atoms with Gasteiger partial charge >= 0.3 is 0 Å². The Morgan fingerprint density at radius 2 is 2.17 bits per heavy atom. The summed E-state index contributed by atoms with van der Waals surface area (Å²) in [5.41, 5.74) is 2.95. The van der Waals surface area contributed by atoms with Crippen LogP contribution in [-0.2, 0) is 7.05 Å². The average Bonchev–Trinajstić information content (AvgIpc) is 2.72. The van der Waals surface area contributed by atoms with E-state index in [0.717, 1.165) is 17.4 Å². The monoisotopic (exact) mass is 264 g/mol. The molecule has 0 atom stereocenters. The van der Waals surface area contributed by atoms with Gasteiger partial charge in [-0.05, 0) is 24.6 Å². The molecule has 2 aromatic rings. The number of hydrogen-bond acceptors (Lipinski definition) is 3. The third-order valence-electron chi connectivity index (χ3n) is 2.85. The summed E-state index contributed by atoms with van der Waals surface area (Å²) in [6, 6.07) is 3.60. The fourth-order valence-electron chi connectivity index (χ4n) is 1.85. The molecule has 5 heteroatoms. The number of imidazole rings is 1. The molecular weight excluding hydrogens is 252 g/mol. The second-order valence-electron chi connectivity index (χ2n) is 4.01. The molecule has 0 aliphatic carbocycles. The lowest BCUT2D eigenvalue weighted by Crippen LogP contribution is -1.96. The van der Waals surface area contributed by atoms with Gasteiger partial charge in [0.2, 0.25) is 0 Å². The highest BCUT2D eigenvalue weighted by Gasteiger charge is 2.15. The Kier molecular flexibility index (Phi) is 3.39. The van der Waals surface area contributed by atoms with Crippen molar-refractivity contribution in [2.45, 2.75) is 6.92 Å². The van der Waals surface area contributed by atoms with E-state index in [-0.39, 0.29) is 0 Å². The second kappa shape index (κ2) is 4.82. The van der Waals surface area contributed by atoms with Crippen LogP contribution in [0.25, 0.3) is 11.3 Å². The highest BCUT2D eigenvalue weighted by atomic mass is 35.5. The summed E-state index contributed by atoms with van der Waals surface area (Å²) >= 11 is 6.11. The molecule has 0 saturated carbocycles. The molecule has 2 rings (SSSR count). The number of methoxy groups -OCH3 is 1. The van der Waals surface area contributed by atoms with Gasteiger partial charge in [0.25, 0.3) is 0 Å². The van der Waals surface area contributed by atoms with Crippen molar-refractivity contribution in [1.29, 1.82) is 0 Å². The van der Waals surface area contributed by atoms with Crippen molar-refractivity contribution in [1.82, 2.24) is 9.55 Å². The molecule has 0 aliphatic heterocycles. The van der Waals surface area contributed by atoms with E-state index in [4.69, 9.17) is 16.3 Å². The summed E-state index contributed by atoms with van der Waals surface area (Å²) in [5, 5.41) is 0.501. The number of nitrogens with zero attached hydrogens (tertiary/aromatic N) is 2. The van der Waals surface area contributed by atoms with Crippen LogP contribution in [0.1, 0.15) is 16.1 Å². The van der Waals surface area contributed by atoms with Gasteiger partial charge < -0.3 is 9.30 Å². The number of halogens is 1. The van der Waals surface area contributed by atoms with Crippen LogP contribution < -0.4 is 4.74 Å². The third-order valence-corrected chi connectivity index (χ3v) is 3.14. The molecule has 0 bridgehead atoms. The summed E-state index contributed by atoms with van der Waals surface area (Å²) in [6.45, 7) is 1.93. The first-order valence-electron chi connectivity index (χ1n) is 5.39. The normalized spacial score (nSPS) is 10.4. The molecule has 0 amide bonds. The van der Waals surface area contributed by atoms with E-state index in [2.05, 4.69) is 4.98 Å². The molecule has 0 unspecified atom stereocenters. The molecule has 0 saturated heterocycles. The number of benzene rings is 1. The smallest absolute Gasteiger partial charge is 0.168 e. The highest BCUT2D eigenvalue weighted by molar-refractivity contribution is 6.32. The largest absolute Gasteiger partial charge is 0.495 e. The van der Waals surface area contributed by atoms with Gasteiger partial charge in [0.1, 0.15) is 11.4 Å². The molecule has 4 nitrogen and oxygen atoms in total. The summed E-state index contributed by atoms with van der Waals surface area (Å²) in [6.07, 6.45) is 2.40. The lowest BCUT2D eigenvalue weighted by atomic mass is 10.0. The van der Waals surface area contributed by atoms with Gasteiger partial charge in [-0.2, -0.15) is 0 Å². The molecule has 0 fully saturated rings. The van der Waals surface area contributed by atoms with Gasteiger partial charge in [0.15, 0.2) is 6.29 Å². The van der Waals surface area contributed by atoms with Crippen LogP contribution >= 0.6 is 11.6 Å². The van der Waals surface area contributed by atoms with E-state index in [0.29, 0.717) is 22.2 Å². The van der Waals surface area contributed by atoms with Crippen LogP contribution in [0, 0.1) is 6.92 Å². The topological polar surface area (TPSA) is 44.1 Å². The Hall–Kier alpha value is -1.81. The Labute approximate surface area is 110 Å².